The van der Waals surface area contributed by atoms with Crippen LogP contribution in [0.15, 0.2) is 188 Å². The summed E-state index contributed by atoms with van der Waals surface area (Å²) in [6.45, 7) is 7.71. The molecule has 0 radical (unpaired) electrons. The van der Waals surface area contributed by atoms with Crippen molar-refractivity contribution >= 4 is 49.3 Å². The Balaban J connectivity index is 1.04. The highest BCUT2D eigenvalue weighted by molar-refractivity contribution is 6.11. The van der Waals surface area contributed by atoms with Crippen LogP contribution in [-0.4, -0.2) is 19.1 Å². The Kier molecular flexibility index (Phi) is 6.62. The van der Waals surface area contributed by atoms with Crippen molar-refractivity contribution in [3.8, 4) is 45.4 Å². The van der Waals surface area contributed by atoms with Gasteiger partial charge < -0.3 is 13.9 Å². The molecule has 6 nitrogen and oxygen atoms in total. The molecule has 278 valence electrons. The van der Waals surface area contributed by atoms with Crippen molar-refractivity contribution in [3.63, 3.8) is 0 Å². The molecule has 0 N–H and O–H groups in total. The summed E-state index contributed by atoms with van der Waals surface area (Å²) in [4.78, 5) is 13.6. The molecule has 0 atom stereocenters. The monoisotopic (exact) mass is 765 g/mol. The van der Waals surface area contributed by atoms with Crippen LogP contribution in [0.1, 0.15) is 22.3 Å². The van der Waals surface area contributed by atoms with Gasteiger partial charge in [0.2, 0.25) is 0 Å². The van der Waals surface area contributed by atoms with Crippen LogP contribution in [0.3, 0.4) is 0 Å². The van der Waals surface area contributed by atoms with Crippen molar-refractivity contribution < 1.29 is 4.74 Å². The Labute approximate surface area is 344 Å². The minimum absolute atomic E-state index is 0.621. The molecule has 0 unspecified atom stereocenters. The van der Waals surface area contributed by atoms with Crippen molar-refractivity contribution in [1.82, 2.24) is 19.1 Å². The predicted octanol–water partition coefficient (Wildman–Crippen LogP) is 13.4. The summed E-state index contributed by atoms with van der Waals surface area (Å²) in [6, 6.07) is 62.1. The number of hydrogen-bond acceptors (Lipinski definition) is 3. The van der Waals surface area contributed by atoms with E-state index in [2.05, 4.69) is 166 Å². The van der Waals surface area contributed by atoms with E-state index in [1.165, 1.54) is 16.3 Å². The molecular weight excluding hydrogens is 735 g/mol. The van der Waals surface area contributed by atoms with E-state index >= 15 is 0 Å². The van der Waals surface area contributed by atoms with Crippen LogP contribution in [-0.2, 0) is 5.41 Å². The maximum atomic E-state index is 7.71. The number of nitrogens with zero attached hydrogens (tertiary/aromatic N) is 5. The van der Waals surface area contributed by atoms with Crippen molar-refractivity contribution in [2.24, 2.45) is 0 Å². The fraction of sp³-hybridized carbons (Fsp3) is 0.0185. The SMILES string of the molecule is [C-]#[N+]c1ccc2c(c1)c1ccccc1n2-c1ccc2c(c1)Oc1cc(-c3ccc4c(c3)c3ccccc3n4-c3ccccc3)ccc1C21c2cccnc2-c2ncccc21. The third-order valence-corrected chi connectivity index (χ3v) is 12.7. The van der Waals surface area contributed by atoms with Crippen molar-refractivity contribution in [2.45, 2.75) is 5.41 Å². The molecule has 0 amide bonds. The molecule has 1 aliphatic heterocycles. The van der Waals surface area contributed by atoms with Crippen molar-refractivity contribution in [1.29, 1.82) is 0 Å². The van der Waals surface area contributed by atoms with Crippen LogP contribution < -0.4 is 4.74 Å². The van der Waals surface area contributed by atoms with Crippen molar-refractivity contribution in [2.75, 3.05) is 0 Å². The molecular formula is C54H31N5O. The largest absolute Gasteiger partial charge is 0.457 e. The average molecular weight is 766 g/mol. The quantitative estimate of drug-likeness (QED) is 0.168. The molecule has 6 heteroatoms. The number of fused-ring (bicyclic) bond motifs is 15. The Morgan fingerprint density at radius 2 is 0.983 bits per heavy atom. The average Bonchev–Trinajstić information content (AvgIpc) is 3.93. The van der Waals surface area contributed by atoms with Gasteiger partial charge in [-0.25, -0.2) is 4.85 Å². The second-order valence-corrected chi connectivity index (χ2v) is 15.6. The van der Waals surface area contributed by atoms with Crippen LogP contribution in [0.2, 0.25) is 0 Å². The fourth-order valence-electron chi connectivity index (χ4n) is 10.2. The van der Waals surface area contributed by atoms with Gasteiger partial charge in [-0.15, -0.1) is 0 Å². The summed E-state index contributed by atoms with van der Waals surface area (Å²) >= 11 is 0. The number of aromatic nitrogens is 4. The molecule has 60 heavy (non-hydrogen) atoms. The van der Waals surface area contributed by atoms with E-state index in [1.54, 1.807) is 0 Å². The number of ether oxygens (including phenoxy) is 1. The lowest BCUT2D eigenvalue weighted by Gasteiger charge is -2.39. The lowest BCUT2D eigenvalue weighted by atomic mass is 9.66. The molecule has 0 saturated carbocycles. The molecule has 11 aromatic rings. The van der Waals surface area contributed by atoms with Crippen LogP contribution in [0.5, 0.6) is 11.5 Å². The normalized spacial score (nSPS) is 13.2. The summed E-state index contributed by atoms with van der Waals surface area (Å²) < 4.78 is 11.8. The van der Waals surface area contributed by atoms with Gasteiger partial charge in [0.25, 0.3) is 0 Å². The first-order valence-corrected chi connectivity index (χ1v) is 20.1. The summed E-state index contributed by atoms with van der Waals surface area (Å²) in [5.74, 6) is 1.56. The number of pyridine rings is 2. The first kappa shape index (κ1) is 32.8. The van der Waals surface area contributed by atoms with Crippen LogP contribution in [0.25, 0.3) is 82.3 Å². The van der Waals surface area contributed by atoms with E-state index in [1.807, 2.05) is 36.7 Å². The zero-order valence-corrected chi connectivity index (χ0v) is 32.0. The molecule has 0 fully saturated rings. The second kappa shape index (κ2) is 12.1. The fourth-order valence-corrected chi connectivity index (χ4v) is 10.2. The minimum Gasteiger partial charge on any atom is -0.457 e. The number of rotatable bonds is 3. The molecule has 0 bridgehead atoms. The van der Waals surface area contributed by atoms with Gasteiger partial charge in [0, 0.05) is 57.1 Å². The number of para-hydroxylation sites is 3. The highest BCUT2D eigenvalue weighted by Gasteiger charge is 2.52. The Hall–Kier alpha value is -8.27. The van der Waals surface area contributed by atoms with Gasteiger partial charge >= 0.3 is 0 Å². The molecule has 5 heterocycles. The first-order valence-electron chi connectivity index (χ1n) is 20.1. The van der Waals surface area contributed by atoms with Gasteiger partial charge in [-0.2, -0.15) is 0 Å². The van der Waals surface area contributed by atoms with Gasteiger partial charge in [-0.1, -0.05) is 97.1 Å². The predicted molar refractivity (Wildman–Crippen MR) is 240 cm³/mol. The van der Waals surface area contributed by atoms with Crippen LogP contribution in [0.4, 0.5) is 5.69 Å². The molecule has 0 saturated heterocycles. The van der Waals surface area contributed by atoms with Gasteiger partial charge in [-0.3, -0.25) is 9.97 Å². The topological polar surface area (TPSA) is 49.2 Å². The smallest absolute Gasteiger partial charge is 0.188 e. The molecule has 1 aliphatic carbocycles. The second-order valence-electron chi connectivity index (χ2n) is 15.6. The van der Waals surface area contributed by atoms with Gasteiger partial charge in [0.1, 0.15) is 11.5 Å². The molecule has 13 rings (SSSR count). The van der Waals surface area contributed by atoms with Crippen molar-refractivity contribution in [3.05, 3.63) is 222 Å². The Morgan fingerprint density at radius 3 is 1.68 bits per heavy atom. The summed E-state index contributed by atoms with van der Waals surface area (Å²) in [7, 11) is 0. The van der Waals surface area contributed by atoms with E-state index in [0.29, 0.717) is 5.69 Å². The zero-order chi connectivity index (χ0) is 39.5. The van der Waals surface area contributed by atoms with E-state index in [-0.39, 0.29) is 0 Å². The van der Waals surface area contributed by atoms with E-state index in [4.69, 9.17) is 21.3 Å². The molecule has 4 aromatic heterocycles. The Morgan fingerprint density at radius 1 is 0.433 bits per heavy atom. The van der Waals surface area contributed by atoms with E-state index < -0.39 is 5.41 Å². The lowest BCUT2D eigenvalue weighted by molar-refractivity contribution is 0.436. The number of hydrogen-bond donors (Lipinski definition) is 0. The van der Waals surface area contributed by atoms with Crippen LogP contribution in [0, 0.1) is 6.57 Å². The maximum absolute atomic E-state index is 7.71. The summed E-state index contributed by atoms with van der Waals surface area (Å²) in [5, 5.41) is 4.55. The summed E-state index contributed by atoms with van der Waals surface area (Å²) in [6.07, 6.45) is 3.71. The highest BCUT2D eigenvalue weighted by Crippen LogP contribution is 2.61. The third kappa shape index (κ3) is 4.30. The number of benzene rings is 7. The molecule has 7 aromatic carbocycles. The van der Waals surface area contributed by atoms with Gasteiger partial charge in [0.05, 0.1) is 45.4 Å². The zero-order valence-electron chi connectivity index (χ0n) is 32.0. The molecule has 1 spiro atoms. The Bertz CT molecular complexity index is 3620. The van der Waals surface area contributed by atoms with E-state index in [0.717, 1.165) is 95.0 Å². The highest BCUT2D eigenvalue weighted by atomic mass is 16.5. The third-order valence-electron chi connectivity index (χ3n) is 12.7. The standard InChI is InChI=1S/C54H31N5O/c1-55-35-21-26-49-41(31-35)39-14-6-8-18-47(39)59(49)37-22-24-43-51(32-37)60-50-30-34(19-23-42(50)54(43)44-15-9-27-56-52(44)53-45(54)16-10-28-57-53)33-20-25-48-40(29-33)38-13-5-7-17-46(38)58(48)36-11-3-2-4-12-36/h2-32H. The molecule has 2 aliphatic rings. The maximum Gasteiger partial charge on any atom is 0.188 e. The first-order chi connectivity index (χ1) is 29.7. The lowest BCUT2D eigenvalue weighted by Crippen LogP contribution is -2.32. The van der Waals surface area contributed by atoms with Gasteiger partial charge in [-0.05, 0) is 100 Å². The summed E-state index contributed by atoms with van der Waals surface area (Å²) in [5.41, 5.74) is 14.7. The van der Waals surface area contributed by atoms with Crippen LogP contribution >= 0.6 is 0 Å². The van der Waals surface area contributed by atoms with Gasteiger partial charge in [0.15, 0.2) is 5.69 Å². The van der Waals surface area contributed by atoms with E-state index in [9.17, 15) is 0 Å². The minimum atomic E-state index is -0.717.